The van der Waals surface area contributed by atoms with Gasteiger partial charge < -0.3 is 0 Å². The Bertz CT molecular complexity index is 224. The van der Waals surface area contributed by atoms with Crippen LogP contribution in [0.2, 0.25) is 3.17 Å². The summed E-state index contributed by atoms with van der Waals surface area (Å²) in [5.74, 6) is -0.568. The Balaban J connectivity index is 5.19. The Morgan fingerprint density at radius 2 is 1.62 bits per heavy atom. The average molecular weight is 392 g/mol. The van der Waals surface area contributed by atoms with E-state index in [2.05, 4.69) is 20.8 Å². The standard InChI is InChI=1S/C13H25O2.Hf/c1-5-9-10-13(7-3,8-4)11(6-2)12(14)15;/h5-10H2,1-4H3,(H,14,15);. The van der Waals surface area contributed by atoms with Crippen LogP contribution in [0.15, 0.2) is 0 Å². The van der Waals surface area contributed by atoms with Gasteiger partial charge in [0.05, 0.1) is 0 Å². The van der Waals surface area contributed by atoms with Gasteiger partial charge in [0.25, 0.3) is 0 Å². The van der Waals surface area contributed by atoms with E-state index >= 15 is 0 Å². The maximum atomic E-state index is 11.6. The molecule has 0 amide bonds. The Kier molecular flexibility index (Phi) is 7.07. The molecule has 16 heavy (non-hydrogen) atoms. The minimum atomic E-state index is -0.568. The Labute approximate surface area is 115 Å². The number of carbonyl (C=O) groups is 1. The normalized spacial score (nSPS) is 15.7. The summed E-state index contributed by atoms with van der Waals surface area (Å²) >= 11 is 0.747. The van der Waals surface area contributed by atoms with Crippen molar-refractivity contribution in [2.45, 2.75) is 69.4 Å². The zero-order valence-corrected chi connectivity index (χ0v) is 14.7. The van der Waals surface area contributed by atoms with Crippen molar-refractivity contribution < 1.29 is 34.3 Å². The molecular weight excluding hydrogens is 367 g/mol. The molecule has 2 nitrogen and oxygen atoms in total. The van der Waals surface area contributed by atoms with E-state index in [1.807, 2.05) is 6.92 Å². The van der Waals surface area contributed by atoms with Gasteiger partial charge in [0.15, 0.2) is 0 Å². The van der Waals surface area contributed by atoms with Crippen LogP contribution in [0.5, 0.6) is 0 Å². The first-order chi connectivity index (χ1) is 7.44. The van der Waals surface area contributed by atoms with E-state index in [4.69, 9.17) is 0 Å². The topological polar surface area (TPSA) is 37.3 Å². The predicted octanol–water partition coefficient (Wildman–Crippen LogP) is 4.18. The van der Waals surface area contributed by atoms with E-state index in [1.54, 1.807) is 0 Å². The third-order valence-electron chi connectivity index (χ3n) is 4.16. The first-order valence-corrected chi connectivity index (χ1v) is 8.22. The molecule has 1 N–H and O–H groups in total. The van der Waals surface area contributed by atoms with Gasteiger partial charge in [-0.2, -0.15) is 0 Å². The number of unbranched alkanes of at least 4 members (excludes halogenated alkanes) is 1. The van der Waals surface area contributed by atoms with Crippen LogP contribution in [0.3, 0.4) is 0 Å². The summed E-state index contributed by atoms with van der Waals surface area (Å²) < 4.78 is -0.439. The summed E-state index contributed by atoms with van der Waals surface area (Å²) in [6.07, 6.45) is 6.14. The molecule has 0 aliphatic rings. The second-order valence-electron chi connectivity index (χ2n) is 4.66. The fourth-order valence-electron chi connectivity index (χ4n) is 2.69. The molecule has 0 aromatic heterocycles. The molecule has 0 bridgehead atoms. The molecule has 0 fully saturated rings. The molecule has 93 valence electrons. The number of rotatable bonds is 8. The fraction of sp³-hybridized carbons (Fsp3) is 0.923. The molecule has 0 radical (unpaired) electrons. The zero-order chi connectivity index (χ0) is 12.8. The van der Waals surface area contributed by atoms with Crippen LogP contribution < -0.4 is 0 Å². The number of hydrogen-bond acceptors (Lipinski definition) is 1. The summed E-state index contributed by atoms with van der Waals surface area (Å²) in [6, 6.07) is 0. The van der Waals surface area contributed by atoms with Crippen molar-refractivity contribution in [1.29, 1.82) is 0 Å². The van der Waals surface area contributed by atoms with Crippen LogP contribution in [-0.4, -0.2) is 11.1 Å². The van der Waals surface area contributed by atoms with E-state index in [1.165, 1.54) is 0 Å². The molecule has 0 spiro atoms. The van der Waals surface area contributed by atoms with Gasteiger partial charge in [-0.1, -0.05) is 0 Å². The Hall–Kier alpha value is 0.340. The predicted molar refractivity (Wildman–Crippen MR) is 63.2 cm³/mol. The molecule has 1 atom stereocenters. The Morgan fingerprint density at radius 1 is 1.12 bits per heavy atom. The maximum absolute atomic E-state index is 11.6. The molecule has 0 aromatic carbocycles. The fourth-order valence-corrected chi connectivity index (χ4v) is 4.41. The summed E-state index contributed by atoms with van der Waals surface area (Å²) in [5, 5.41) is 9.56. The monoisotopic (exact) mass is 393 g/mol. The van der Waals surface area contributed by atoms with Crippen molar-refractivity contribution in [1.82, 2.24) is 0 Å². The van der Waals surface area contributed by atoms with Crippen LogP contribution in [0.1, 0.15) is 66.2 Å². The summed E-state index contributed by atoms with van der Waals surface area (Å²) in [7, 11) is 0. The molecule has 0 heterocycles. The van der Waals surface area contributed by atoms with Gasteiger partial charge in [-0.15, -0.1) is 0 Å². The molecule has 0 aliphatic heterocycles. The SMILES string of the molecule is CCCCC(CC)(CC)[C]([Hf])(CC)C(=O)O. The van der Waals surface area contributed by atoms with Crippen molar-refractivity contribution in [2.75, 3.05) is 0 Å². The second kappa shape index (κ2) is 6.93. The first kappa shape index (κ1) is 16.3. The molecular formula is C13H25HfO2. The van der Waals surface area contributed by atoms with E-state index in [0.717, 1.165) is 62.9 Å². The molecule has 1 unspecified atom stereocenters. The molecule has 0 aromatic rings. The van der Waals surface area contributed by atoms with E-state index in [-0.39, 0.29) is 5.41 Å². The van der Waals surface area contributed by atoms with Crippen molar-refractivity contribution in [3.63, 3.8) is 0 Å². The number of aliphatic carboxylic acids is 1. The summed E-state index contributed by atoms with van der Waals surface area (Å²) in [6.45, 7) is 8.53. The third-order valence-corrected chi connectivity index (χ3v) is 8.11. The van der Waals surface area contributed by atoms with Gasteiger partial charge in [-0.25, -0.2) is 0 Å². The first-order valence-electron chi connectivity index (χ1n) is 6.42. The van der Waals surface area contributed by atoms with E-state index in [0.29, 0.717) is 0 Å². The third kappa shape index (κ3) is 2.96. The number of hydrogen-bond donors (Lipinski definition) is 1. The van der Waals surface area contributed by atoms with Crippen LogP contribution in [-0.2, 0) is 29.2 Å². The van der Waals surface area contributed by atoms with Gasteiger partial charge in [0.1, 0.15) is 0 Å². The van der Waals surface area contributed by atoms with Crippen LogP contribution >= 0.6 is 0 Å². The molecule has 0 aliphatic carbocycles. The number of carboxylic acid groups (broad SMARTS) is 1. The quantitative estimate of drug-likeness (QED) is 0.630. The second-order valence-corrected chi connectivity index (χ2v) is 7.72. The van der Waals surface area contributed by atoms with Gasteiger partial charge in [-0.3, -0.25) is 0 Å². The molecule has 0 saturated carbocycles. The van der Waals surface area contributed by atoms with Crippen molar-refractivity contribution in [2.24, 2.45) is 5.41 Å². The van der Waals surface area contributed by atoms with E-state index < -0.39 is 9.14 Å². The summed E-state index contributed by atoms with van der Waals surface area (Å²) in [5.41, 5.74) is 0.0236. The molecule has 0 rings (SSSR count). The Morgan fingerprint density at radius 3 is 1.88 bits per heavy atom. The minimum absolute atomic E-state index is 0.0236. The molecule has 0 saturated heterocycles. The van der Waals surface area contributed by atoms with Crippen LogP contribution in [0.4, 0.5) is 0 Å². The van der Waals surface area contributed by atoms with Crippen LogP contribution in [0, 0.1) is 5.41 Å². The van der Waals surface area contributed by atoms with Crippen molar-refractivity contribution >= 4 is 5.97 Å². The van der Waals surface area contributed by atoms with Gasteiger partial charge in [-0.05, 0) is 0 Å². The van der Waals surface area contributed by atoms with Gasteiger partial charge in [0.2, 0.25) is 0 Å². The van der Waals surface area contributed by atoms with E-state index in [9.17, 15) is 9.90 Å². The summed E-state index contributed by atoms with van der Waals surface area (Å²) in [4.78, 5) is 11.6. The average Bonchev–Trinajstić information content (AvgIpc) is 2.30. The number of carboxylic acids is 1. The van der Waals surface area contributed by atoms with Crippen LogP contribution in [0.25, 0.3) is 0 Å². The zero-order valence-electron chi connectivity index (χ0n) is 11.1. The van der Waals surface area contributed by atoms with Crippen molar-refractivity contribution in [3.8, 4) is 0 Å². The molecule has 3 heteroatoms. The van der Waals surface area contributed by atoms with Gasteiger partial charge >= 0.3 is 115 Å². The van der Waals surface area contributed by atoms with Gasteiger partial charge in [0, 0.05) is 0 Å². The van der Waals surface area contributed by atoms with Crippen molar-refractivity contribution in [3.05, 3.63) is 0 Å².